The molecule has 0 bridgehead atoms. The van der Waals surface area contributed by atoms with Gasteiger partial charge in [-0.05, 0) is 74.2 Å². The maximum Gasteiger partial charge on any atom is 0.407 e. The molecule has 196 valence electrons. The van der Waals surface area contributed by atoms with Gasteiger partial charge in [0.15, 0.2) is 0 Å². The van der Waals surface area contributed by atoms with Crippen LogP contribution in [-0.2, 0) is 16.1 Å². The predicted octanol–water partition coefficient (Wildman–Crippen LogP) is 5.18. The van der Waals surface area contributed by atoms with Crippen LogP contribution in [0.5, 0.6) is 5.75 Å². The number of likely N-dealkylation sites (tertiary alicyclic amines) is 2. The molecule has 2 saturated heterocycles. The molecule has 1 atom stereocenters. The largest absolute Gasteiger partial charge is 0.497 e. The number of carbonyl (C=O) groups is 2. The van der Waals surface area contributed by atoms with Crippen molar-refractivity contribution < 1.29 is 19.1 Å². The predicted molar refractivity (Wildman–Crippen MR) is 145 cm³/mol. The topological polar surface area (TPSA) is 71.1 Å². The van der Waals surface area contributed by atoms with E-state index in [2.05, 4.69) is 38.3 Å². The van der Waals surface area contributed by atoms with E-state index < -0.39 is 6.09 Å². The zero-order valence-corrected chi connectivity index (χ0v) is 23.3. The second-order valence-electron chi connectivity index (χ2n) is 9.48. The summed E-state index contributed by atoms with van der Waals surface area (Å²) in [5.74, 6) is 1.09. The lowest BCUT2D eigenvalue weighted by atomic mass is 9.77. The monoisotopic (exact) mass is 579 g/mol. The highest BCUT2D eigenvalue weighted by atomic mass is 79.9. The van der Waals surface area contributed by atoms with E-state index in [0.717, 1.165) is 67.6 Å². The van der Waals surface area contributed by atoms with Crippen molar-refractivity contribution in [2.45, 2.75) is 38.3 Å². The van der Waals surface area contributed by atoms with Gasteiger partial charge >= 0.3 is 6.09 Å². The zero-order chi connectivity index (χ0) is 24.8. The van der Waals surface area contributed by atoms with Gasteiger partial charge in [-0.3, -0.25) is 4.79 Å². The number of amides is 2. The highest BCUT2D eigenvalue weighted by molar-refractivity contribution is 9.10. The number of rotatable bonds is 8. The van der Waals surface area contributed by atoms with Gasteiger partial charge < -0.3 is 24.6 Å². The molecule has 2 aromatic rings. The molecule has 1 N–H and O–H groups in total. The highest BCUT2D eigenvalue weighted by Crippen LogP contribution is 2.42. The summed E-state index contributed by atoms with van der Waals surface area (Å²) in [4.78, 5) is 29.7. The molecule has 1 unspecified atom stereocenters. The lowest BCUT2D eigenvalue weighted by Crippen LogP contribution is -2.45. The van der Waals surface area contributed by atoms with Crippen molar-refractivity contribution in [1.29, 1.82) is 0 Å². The molecule has 4 rings (SSSR count). The van der Waals surface area contributed by atoms with E-state index in [4.69, 9.17) is 9.47 Å². The van der Waals surface area contributed by atoms with Crippen LogP contribution in [0.1, 0.15) is 42.9 Å². The summed E-state index contributed by atoms with van der Waals surface area (Å²) in [6.45, 7) is 4.14. The number of methoxy groups -OCH3 is 2. The molecular weight excluding hydrogens is 546 g/mol. The molecule has 2 amide bonds. The number of nitrogens with one attached hydrogen (secondary N) is 1. The normalized spacial score (nSPS) is 18.0. The summed E-state index contributed by atoms with van der Waals surface area (Å²) in [5, 5.41) is 2.96. The van der Waals surface area contributed by atoms with Crippen LogP contribution in [0.25, 0.3) is 0 Å². The maximum absolute atomic E-state index is 13.3. The smallest absolute Gasteiger partial charge is 0.407 e. The Balaban J connectivity index is 0.00000361. The third-order valence-corrected chi connectivity index (χ3v) is 7.96. The van der Waals surface area contributed by atoms with Gasteiger partial charge in [0.05, 0.1) is 25.7 Å². The number of piperidine rings is 1. The van der Waals surface area contributed by atoms with E-state index in [0.29, 0.717) is 12.5 Å². The number of ether oxygens (including phenoxy) is 2. The first-order valence-corrected chi connectivity index (χ1v) is 13.0. The molecule has 1 spiro atoms. The number of alkyl carbamates (subject to hydrolysis) is 1. The van der Waals surface area contributed by atoms with Crippen LogP contribution in [0.3, 0.4) is 0 Å². The van der Waals surface area contributed by atoms with Crippen LogP contribution in [-0.4, -0.2) is 62.2 Å². The van der Waals surface area contributed by atoms with E-state index in [1.165, 1.54) is 12.7 Å². The molecule has 0 aromatic heterocycles. The fourth-order valence-electron chi connectivity index (χ4n) is 5.19. The SMILES string of the molecule is COC(=O)NC(CCN1CCC2(CC1)CCN(Cc1ccc(Br)cc1)C2=O)c1ccc(OC)cc1.Cl. The molecule has 0 radical (unpaired) electrons. The molecule has 36 heavy (non-hydrogen) atoms. The summed E-state index contributed by atoms with van der Waals surface area (Å²) in [6.07, 6.45) is 3.04. The van der Waals surface area contributed by atoms with Crippen molar-refractivity contribution in [3.63, 3.8) is 0 Å². The van der Waals surface area contributed by atoms with Crippen molar-refractivity contribution in [3.8, 4) is 5.75 Å². The van der Waals surface area contributed by atoms with E-state index in [1.54, 1.807) is 7.11 Å². The van der Waals surface area contributed by atoms with Crippen molar-refractivity contribution in [3.05, 3.63) is 64.1 Å². The van der Waals surface area contributed by atoms with Crippen molar-refractivity contribution in [2.24, 2.45) is 5.41 Å². The Hall–Kier alpha value is -2.29. The molecule has 2 heterocycles. The minimum absolute atomic E-state index is 0. The summed E-state index contributed by atoms with van der Waals surface area (Å²) in [5.41, 5.74) is 1.96. The molecule has 7 nitrogen and oxygen atoms in total. The summed E-state index contributed by atoms with van der Waals surface area (Å²) >= 11 is 3.47. The Labute approximate surface area is 228 Å². The number of hydrogen-bond acceptors (Lipinski definition) is 5. The fourth-order valence-corrected chi connectivity index (χ4v) is 5.46. The van der Waals surface area contributed by atoms with Gasteiger partial charge in [-0.15, -0.1) is 12.4 Å². The minimum Gasteiger partial charge on any atom is -0.497 e. The Morgan fingerprint density at radius 2 is 1.67 bits per heavy atom. The number of hydrogen-bond donors (Lipinski definition) is 1. The fraction of sp³-hybridized carbons (Fsp3) is 0.481. The summed E-state index contributed by atoms with van der Waals surface area (Å²) in [7, 11) is 3.01. The van der Waals surface area contributed by atoms with Gasteiger partial charge in [0.2, 0.25) is 5.91 Å². The van der Waals surface area contributed by atoms with Gasteiger partial charge in [-0.25, -0.2) is 4.79 Å². The number of benzene rings is 2. The van der Waals surface area contributed by atoms with Crippen LogP contribution in [0.2, 0.25) is 0 Å². The summed E-state index contributed by atoms with van der Waals surface area (Å²) in [6, 6.07) is 15.8. The Kier molecular flexibility index (Phi) is 10.0. The average molecular weight is 581 g/mol. The number of nitrogens with zero attached hydrogens (tertiary/aromatic N) is 2. The summed E-state index contributed by atoms with van der Waals surface area (Å²) < 4.78 is 11.1. The van der Waals surface area contributed by atoms with Crippen molar-refractivity contribution >= 4 is 40.3 Å². The van der Waals surface area contributed by atoms with Crippen LogP contribution < -0.4 is 10.1 Å². The second-order valence-corrected chi connectivity index (χ2v) is 10.4. The molecule has 2 aliphatic heterocycles. The first-order valence-electron chi connectivity index (χ1n) is 12.2. The van der Waals surface area contributed by atoms with Gasteiger partial charge in [0, 0.05) is 24.1 Å². The van der Waals surface area contributed by atoms with Crippen LogP contribution in [0.4, 0.5) is 4.79 Å². The quantitative estimate of drug-likeness (QED) is 0.466. The Morgan fingerprint density at radius 1 is 1.03 bits per heavy atom. The first kappa shape index (κ1) is 28.3. The molecular formula is C27H35BrClN3O4. The van der Waals surface area contributed by atoms with Gasteiger partial charge in [0.25, 0.3) is 0 Å². The molecule has 9 heteroatoms. The van der Waals surface area contributed by atoms with Gasteiger partial charge in [-0.2, -0.15) is 0 Å². The second kappa shape index (κ2) is 12.8. The molecule has 0 saturated carbocycles. The Morgan fingerprint density at radius 3 is 2.28 bits per heavy atom. The standard InChI is InChI=1S/C27H34BrN3O4.ClH/c1-34-23-9-5-21(6-10-23)24(29-26(33)35-2)11-15-30-16-12-27(13-17-30)14-18-31(25(27)32)19-20-3-7-22(28)8-4-20;/h3-10,24H,11-19H2,1-2H3,(H,29,33);1H. The van der Waals surface area contributed by atoms with E-state index in [1.807, 2.05) is 41.3 Å². The zero-order valence-electron chi connectivity index (χ0n) is 20.9. The molecule has 0 aliphatic carbocycles. The van der Waals surface area contributed by atoms with Crippen LogP contribution in [0.15, 0.2) is 53.0 Å². The Bertz CT molecular complexity index is 1010. The van der Waals surface area contributed by atoms with Gasteiger partial charge in [0.1, 0.15) is 5.75 Å². The third kappa shape index (κ3) is 6.72. The van der Waals surface area contributed by atoms with Crippen molar-refractivity contribution in [1.82, 2.24) is 15.1 Å². The van der Waals surface area contributed by atoms with Crippen LogP contribution >= 0.6 is 28.3 Å². The number of halogens is 2. The van der Waals surface area contributed by atoms with E-state index in [-0.39, 0.29) is 23.9 Å². The van der Waals surface area contributed by atoms with E-state index >= 15 is 0 Å². The average Bonchev–Trinajstić information content (AvgIpc) is 3.18. The van der Waals surface area contributed by atoms with E-state index in [9.17, 15) is 9.59 Å². The van der Waals surface area contributed by atoms with Crippen molar-refractivity contribution in [2.75, 3.05) is 40.4 Å². The lowest BCUT2D eigenvalue weighted by Gasteiger charge is -2.38. The number of carbonyl (C=O) groups excluding carboxylic acids is 2. The third-order valence-electron chi connectivity index (χ3n) is 7.43. The molecule has 2 aliphatic rings. The first-order chi connectivity index (χ1) is 16.9. The highest BCUT2D eigenvalue weighted by Gasteiger charge is 2.47. The molecule has 2 fully saturated rings. The molecule has 2 aromatic carbocycles. The maximum atomic E-state index is 13.3. The van der Waals surface area contributed by atoms with Crippen LogP contribution in [0, 0.1) is 5.41 Å². The minimum atomic E-state index is -0.439. The van der Waals surface area contributed by atoms with Gasteiger partial charge in [-0.1, -0.05) is 40.2 Å². The lowest BCUT2D eigenvalue weighted by molar-refractivity contribution is -0.138.